The lowest BCUT2D eigenvalue weighted by molar-refractivity contribution is -0.115. The van der Waals surface area contributed by atoms with Crippen LogP contribution >= 0.6 is 0 Å². The molecule has 1 aromatic heterocycles. The molecule has 6 nitrogen and oxygen atoms in total. The van der Waals surface area contributed by atoms with Crippen LogP contribution < -0.4 is 10.2 Å². The van der Waals surface area contributed by atoms with Crippen molar-refractivity contribution in [1.82, 2.24) is 9.78 Å². The zero-order chi connectivity index (χ0) is 16.8. The molecule has 0 atom stereocenters. The van der Waals surface area contributed by atoms with Crippen molar-refractivity contribution >= 4 is 17.4 Å². The molecule has 0 spiro atoms. The van der Waals surface area contributed by atoms with Crippen molar-refractivity contribution in [3.63, 3.8) is 0 Å². The Balaban J connectivity index is 1.65. The Morgan fingerprint density at radius 3 is 2.71 bits per heavy atom. The maximum Gasteiger partial charge on any atom is 0.245 e. The standard InChI is InChI=1S/C18H24N4O2/c23-13-12-21(15-6-2-1-3-7-15)14-18(24)20-17-10-11-19-22(17)16-8-4-5-9-16/h1-3,6-7,10-11,16,23H,4-5,8-9,12-14H2,(H,20,24). The van der Waals surface area contributed by atoms with E-state index >= 15 is 0 Å². The third-order valence-corrected chi connectivity index (χ3v) is 4.43. The number of benzene rings is 1. The maximum atomic E-state index is 12.5. The molecule has 1 aliphatic rings. The average molecular weight is 328 g/mol. The summed E-state index contributed by atoms with van der Waals surface area (Å²) < 4.78 is 1.93. The molecule has 0 aliphatic heterocycles. The number of amides is 1. The minimum absolute atomic E-state index is 0.00216. The fourth-order valence-corrected chi connectivity index (χ4v) is 3.27. The molecule has 128 valence electrons. The quantitative estimate of drug-likeness (QED) is 0.819. The van der Waals surface area contributed by atoms with Crippen LogP contribution in [0.15, 0.2) is 42.6 Å². The van der Waals surface area contributed by atoms with Gasteiger partial charge in [0.1, 0.15) is 5.82 Å². The summed E-state index contributed by atoms with van der Waals surface area (Å²) in [6.45, 7) is 0.613. The predicted octanol–water partition coefficient (Wildman–Crippen LogP) is 2.44. The summed E-state index contributed by atoms with van der Waals surface area (Å²) in [6, 6.07) is 11.9. The first-order valence-electron chi connectivity index (χ1n) is 8.52. The number of rotatable bonds is 7. The van der Waals surface area contributed by atoms with E-state index in [-0.39, 0.29) is 19.1 Å². The number of carbonyl (C=O) groups excluding carboxylic acids is 1. The Morgan fingerprint density at radius 2 is 2.00 bits per heavy atom. The first-order valence-corrected chi connectivity index (χ1v) is 8.52. The SMILES string of the molecule is O=C(CN(CCO)c1ccccc1)Nc1ccnn1C1CCCC1. The Bertz CT molecular complexity index is 650. The topological polar surface area (TPSA) is 70.4 Å². The van der Waals surface area contributed by atoms with E-state index in [0.29, 0.717) is 12.6 Å². The molecule has 1 aliphatic carbocycles. The van der Waals surface area contributed by atoms with Crippen LogP contribution in [0.25, 0.3) is 0 Å². The minimum Gasteiger partial charge on any atom is -0.395 e. The number of aliphatic hydroxyl groups is 1. The zero-order valence-electron chi connectivity index (χ0n) is 13.8. The van der Waals surface area contributed by atoms with Gasteiger partial charge in [-0.1, -0.05) is 31.0 Å². The molecule has 0 unspecified atom stereocenters. The summed E-state index contributed by atoms with van der Waals surface area (Å²) in [4.78, 5) is 14.3. The second-order valence-electron chi connectivity index (χ2n) is 6.13. The Morgan fingerprint density at radius 1 is 1.25 bits per heavy atom. The second-order valence-corrected chi connectivity index (χ2v) is 6.13. The molecule has 2 N–H and O–H groups in total. The lowest BCUT2D eigenvalue weighted by Crippen LogP contribution is -2.35. The number of para-hydroxylation sites is 1. The predicted molar refractivity (Wildman–Crippen MR) is 94.1 cm³/mol. The number of nitrogens with zero attached hydrogens (tertiary/aromatic N) is 3. The smallest absolute Gasteiger partial charge is 0.245 e. The van der Waals surface area contributed by atoms with Gasteiger partial charge in [-0.15, -0.1) is 0 Å². The van der Waals surface area contributed by atoms with Crippen molar-refractivity contribution in [2.24, 2.45) is 0 Å². The van der Waals surface area contributed by atoms with Crippen LogP contribution in [0.3, 0.4) is 0 Å². The molecule has 1 fully saturated rings. The van der Waals surface area contributed by atoms with E-state index in [1.165, 1.54) is 12.8 Å². The van der Waals surface area contributed by atoms with Crippen molar-refractivity contribution in [2.45, 2.75) is 31.7 Å². The van der Waals surface area contributed by atoms with Crippen LogP contribution in [0.2, 0.25) is 0 Å². The van der Waals surface area contributed by atoms with E-state index in [1.807, 2.05) is 46.0 Å². The highest BCUT2D eigenvalue weighted by molar-refractivity contribution is 5.93. The molecular weight excluding hydrogens is 304 g/mol. The Kier molecular flexibility index (Phi) is 5.48. The Labute approximate surface area is 142 Å². The summed E-state index contributed by atoms with van der Waals surface area (Å²) in [5.74, 6) is 0.649. The number of aliphatic hydroxyl groups excluding tert-OH is 1. The van der Waals surface area contributed by atoms with Gasteiger partial charge in [-0.3, -0.25) is 4.79 Å². The van der Waals surface area contributed by atoms with Gasteiger partial charge in [-0.25, -0.2) is 4.68 Å². The van der Waals surface area contributed by atoms with Gasteiger partial charge in [-0.05, 0) is 25.0 Å². The van der Waals surface area contributed by atoms with Crippen LogP contribution in [0.4, 0.5) is 11.5 Å². The van der Waals surface area contributed by atoms with Gasteiger partial charge < -0.3 is 15.3 Å². The van der Waals surface area contributed by atoms with Crippen LogP contribution in [0.1, 0.15) is 31.7 Å². The van der Waals surface area contributed by atoms with Gasteiger partial charge >= 0.3 is 0 Å². The molecule has 0 saturated heterocycles. The number of anilines is 2. The van der Waals surface area contributed by atoms with Gasteiger partial charge in [0, 0.05) is 18.3 Å². The number of carbonyl (C=O) groups is 1. The van der Waals surface area contributed by atoms with Crippen molar-refractivity contribution in [3.8, 4) is 0 Å². The third-order valence-electron chi connectivity index (χ3n) is 4.43. The van der Waals surface area contributed by atoms with E-state index in [0.717, 1.165) is 24.3 Å². The van der Waals surface area contributed by atoms with Gasteiger partial charge in [0.25, 0.3) is 0 Å². The van der Waals surface area contributed by atoms with Crippen molar-refractivity contribution < 1.29 is 9.90 Å². The van der Waals surface area contributed by atoms with Gasteiger partial charge in [0.05, 0.1) is 25.4 Å². The molecule has 1 aromatic carbocycles. The number of hydrogen-bond acceptors (Lipinski definition) is 4. The normalized spacial score (nSPS) is 14.7. The summed E-state index contributed by atoms with van der Waals surface area (Å²) in [5.41, 5.74) is 0.922. The fourth-order valence-electron chi connectivity index (χ4n) is 3.27. The van der Waals surface area contributed by atoms with E-state index in [4.69, 9.17) is 0 Å². The highest BCUT2D eigenvalue weighted by Crippen LogP contribution is 2.31. The molecule has 1 heterocycles. The van der Waals surface area contributed by atoms with Gasteiger partial charge in [0.2, 0.25) is 5.91 Å². The largest absolute Gasteiger partial charge is 0.395 e. The third kappa shape index (κ3) is 3.94. The second kappa shape index (κ2) is 7.97. The highest BCUT2D eigenvalue weighted by Gasteiger charge is 2.21. The average Bonchev–Trinajstić information content (AvgIpc) is 3.26. The monoisotopic (exact) mass is 328 g/mol. The van der Waals surface area contributed by atoms with E-state index in [2.05, 4.69) is 10.4 Å². The maximum absolute atomic E-state index is 12.5. The lowest BCUT2D eigenvalue weighted by Gasteiger charge is -2.23. The molecule has 1 saturated carbocycles. The number of hydrogen-bond donors (Lipinski definition) is 2. The molecule has 1 amide bonds. The van der Waals surface area contributed by atoms with Gasteiger partial charge in [0.15, 0.2) is 0 Å². The fraction of sp³-hybridized carbons (Fsp3) is 0.444. The molecular formula is C18H24N4O2. The van der Waals surface area contributed by atoms with Crippen LogP contribution in [0.5, 0.6) is 0 Å². The van der Waals surface area contributed by atoms with E-state index in [1.54, 1.807) is 6.20 Å². The van der Waals surface area contributed by atoms with Crippen molar-refractivity contribution in [1.29, 1.82) is 0 Å². The van der Waals surface area contributed by atoms with E-state index in [9.17, 15) is 9.90 Å². The lowest BCUT2D eigenvalue weighted by atomic mass is 10.2. The first-order chi connectivity index (χ1) is 11.8. The summed E-state index contributed by atoms with van der Waals surface area (Å²) in [5, 5.41) is 16.6. The van der Waals surface area contributed by atoms with Crippen LogP contribution in [0, 0.1) is 0 Å². The molecule has 6 heteroatoms. The number of aromatic nitrogens is 2. The molecule has 0 radical (unpaired) electrons. The van der Waals surface area contributed by atoms with E-state index < -0.39 is 0 Å². The number of nitrogens with one attached hydrogen (secondary N) is 1. The summed E-state index contributed by atoms with van der Waals surface area (Å²) in [7, 11) is 0. The molecule has 24 heavy (non-hydrogen) atoms. The van der Waals surface area contributed by atoms with Crippen molar-refractivity contribution in [3.05, 3.63) is 42.6 Å². The first kappa shape index (κ1) is 16.5. The molecule has 2 aromatic rings. The zero-order valence-corrected chi connectivity index (χ0v) is 13.8. The highest BCUT2D eigenvalue weighted by atomic mass is 16.3. The van der Waals surface area contributed by atoms with Gasteiger partial charge in [-0.2, -0.15) is 5.10 Å². The minimum atomic E-state index is -0.105. The van der Waals surface area contributed by atoms with Crippen LogP contribution in [-0.4, -0.2) is 40.5 Å². The molecule has 3 rings (SSSR count). The summed E-state index contributed by atoms with van der Waals surface area (Å²) >= 11 is 0. The van der Waals surface area contributed by atoms with Crippen LogP contribution in [-0.2, 0) is 4.79 Å². The van der Waals surface area contributed by atoms with Crippen molar-refractivity contribution in [2.75, 3.05) is 29.9 Å². The summed E-state index contributed by atoms with van der Waals surface area (Å²) in [6.07, 6.45) is 6.40. The Hall–Kier alpha value is -2.34. The molecule has 0 bridgehead atoms.